The molecular weight excluding hydrogens is 621 g/mol. The first kappa shape index (κ1) is 32.5. The monoisotopic (exact) mass is 649 g/mol. The largest absolute Gasteiger partial charge is 0.497 e. The summed E-state index contributed by atoms with van der Waals surface area (Å²) in [5.74, 6) is -0.166. The Morgan fingerprint density at radius 2 is 1.50 bits per heavy atom. The van der Waals surface area contributed by atoms with E-state index in [1.54, 1.807) is 105 Å². The van der Waals surface area contributed by atoms with Crippen molar-refractivity contribution in [3.05, 3.63) is 118 Å². The van der Waals surface area contributed by atoms with Gasteiger partial charge < -0.3 is 25.4 Å². The highest BCUT2D eigenvalue weighted by Crippen LogP contribution is 2.31. The van der Waals surface area contributed by atoms with Crippen LogP contribution in [0.4, 0.5) is 11.4 Å². The number of methoxy groups -OCH3 is 2. The molecule has 0 saturated heterocycles. The van der Waals surface area contributed by atoms with Crippen molar-refractivity contribution < 1.29 is 23.9 Å². The van der Waals surface area contributed by atoms with Crippen LogP contribution in [0, 0.1) is 0 Å². The first-order valence-corrected chi connectivity index (χ1v) is 14.9. The molecule has 1 atom stereocenters. The number of rotatable bonds is 11. The second-order valence-electron chi connectivity index (χ2n) is 9.31. The predicted molar refractivity (Wildman–Crippen MR) is 177 cm³/mol. The Labute approximate surface area is 269 Å². The van der Waals surface area contributed by atoms with E-state index in [9.17, 15) is 14.4 Å². The maximum Gasteiger partial charge on any atom is 0.272 e. The number of nitrogens with one attached hydrogen (secondary N) is 3. The van der Waals surface area contributed by atoms with Crippen LogP contribution in [0.15, 0.2) is 102 Å². The molecule has 0 bridgehead atoms. The van der Waals surface area contributed by atoms with Gasteiger partial charge in [0.05, 0.1) is 25.2 Å². The number of halogens is 2. The van der Waals surface area contributed by atoms with E-state index in [0.717, 1.165) is 4.90 Å². The van der Waals surface area contributed by atoms with Crippen LogP contribution in [-0.4, -0.2) is 37.2 Å². The summed E-state index contributed by atoms with van der Waals surface area (Å²) in [6.07, 6.45) is 1.43. The van der Waals surface area contributed by atoms with Crippen molar-refractivity contribution in [2.45, 2.75) is 17.1 Å². The van der Waals surface area contributed by atoms with Crippen LogP contribution in [0.1, 0.15) is 22.8 Å². The topological polar surface area (TPSA) is 106 Å². The number of anilines is 2. The molecule has 226 valence electrons. The quantitative estimate of drug-likeness (QED) is 0.114. The van der Waals surface area contributed by atoms with Gasteiger partial charge in [0.15, 0.2) is 0 Å². The Kier molecular flexibility index (Phi) is 11.3. The first-order chi connectivity index (χ1) is 21.2. The van der Waals surface area contributed by atoms with Crippen LogP contribution in [0.2, 0.25) is 10.0 Å². The van der Waals surface area contributed by atoms with E-state index in [0.29, 0.717) is 44.0 Å². The number of ether oxygens (including phenoxy) is 2. The molecule has 4 aromatic rings. The van der Waals surface area contributed by atoms with E-state index in [1.807, 2.05) is 0 Å². The lowest BCUT2D eigenvalue weighted by Crippen LogP contribution is -2.30. The third kappa shape index (κ3) is 8.57. The van der Waals surface area contributed by atoms with E-state index in [4.69, 9.17) is 32.7 Å². The third-order valence-electron chi connectivity index (χ3n) is 6.28. The Balaban J connectivity index is 1.46. The summed E-state index contributed by atoms with van der Waals surface area (Å²) in [7, 11) is 3.07. The third-order valence-corrected chi connectivity index (χ3v) is 8.05. The average Bonchev–Trinajstić information content (AvgIpc) is 3.03. The van der Waals surface area contributed by atoms with E-state index < -0.39 is 17.1 Å². The van der Waals surface area contributed by atoms with Crippen LogP contribution in [0.25, 0.3) is 6.08 Å². The summed E-state index contributed by atoms with van der Waals surface area (Å²) < 4.78 is 10.6. The van der Waals surface area contributed by atoms with Crippen molar-refractivity contribution in [3.63, 3.8) is 0 Å². The molecule has 4 aromatic carbocycles. The highest BCUT2D eigenvalue weighted by atomic mass is 35.5. The summed E-state index contributed by atoms with van der Waals surface area (Å²) in [5, 5.41) is 8.54. The maximum absolute atomic E-state index is 13.4. The second-order valence-corrected chi connectivity index (χ2v) is 11.5. The second kappa shape index (κ2) is 15.3. The molecule has 0 aliphatic rings. The normalized spacial score (nSPS) is 11.7. The molecule has 8 nitrogen and oxygen atoms in total. The smallest absolute Gasteiger partial charge is 0.272 e. The summed E-state index contributed by atoms with van der Waals surface area (Å²) >= 11 is 14.0. The van der Waals surface area contributed by atoms with Crippen molar-refractivity contribution in [2.75, 3.05) is 24.9 Å². The average molecular weight is 651 g/mol. The van der Waals surface area contributed by atoms with Crippen LogP contribution in [-0.2, 0) is 9.59 Å². The Morgan fingerprint density at radius 1 is 0.818 bits per heavy atom. The van der Waals surface area contributed by atoms with Gasteiger partial charge in [-0.15, -0.1) is 11.8 Å². The summed E-state index contributed by atoms with van der Waals surface area (Å²) in [4.78, 5) is 40.0. The summed E-state index contributed by atoms with van der Waals surface area (Å²) in [6, 6.07) is 25.6. The van der Waals surface area contributed by atoms with Gasteiger partial charge in [0, 0.05) is 37.8 Å². The van der Waals surface area contributed by atoms with E-state index >= 15 is 0 Å². The van der Waals surface area contributed by atoms with E-state index in [2.05, 4.69) is 16.0 Å². The fraction of sp³-hybridized carbons (Fsp3) is 0.121. The van der Waals surface area contributed by atoms with Crippen LogP contribution in [0.3, 0.4) is 0 Å². The molecule has 0 radical (unpaired) electrons. The number of carbonyl (C=O) groups excluding carboxylic acids is 3. The van der Waals surface area contributed by atoms with Gasteiger partial charge >= 0.3 is 0 Å². The van der Waals surface area contributed by atoms with Crippen molar-refractivity contribution in [1.29, 1.82) is 0 Å². The van der Waals surface area contributed by atoms with Crippen LogP contribution in [0.5, 0.6) is 11.5 Å². The molecule has 0 saturated carbocycles. The molecular formula is C33H29Cl2N3O5S. The number of hydrogen-bond acceptors (Lipinski definition) is 6. The fourth-order valence-electron chi connectivity index (χ4n) is 3.95. The first-order valence-electron chi connectivity index (χ1n) is 13.3. The Bertz CT molecular complexity index is 1660. The van der Waals surface area contributed by atoms with Gasteiger partial charge in [-0.1, -0.05) is 47.5 Å². The molecule has 0 spiro atoms. The lowest BCUT2D eigenvalue weighted by molar-refractivity contribution is -0.115. The molecule has 4 rings (SSSR count). The fourth-order valence-corrected chi connectivity index (χ4v) is 5.33. The van der Waals surface area contributed by atoms with Gasteiger partial charge in [0.25, 0.3) is 11.8 Å². The van der Waals surface area contributed by atoms with Crippen LogP contribution >= 0.6 is 35.0 Å². The zero-order valence-corrected chi connectivity index (χ0v) is 26.3. The maximum atomic E-state index is 13.4. The van der Waals surface area contributed by atoms with Crippen molar-refractivity contribution >= 4 is 70.1 Å². The lowest BCUT2D eigenvalue weighted by Gasteiger charge is -2.15. The van der Waals surface area contributed by atoms with Gasteiger partial charge in [-0.05, 0) is 73.7 Å². The highest BCUT2D eigenvalue weighted by molar-refractivity contribution is 8.00. The van der Waals surface area contributed by atoms with Crippen molar-refractivity contribution in [2.24, 2.45) is 0 Å². The molecule has 0 aliphatic carbocycles. The minimum atomic E-state index is -0.578. The van der Waals surface area contributed by atoms with Gasteiger partial charge in [0.2, 0.25) is 5.91 Å². The lowest BCUT2D eigenvalue weighted by atomic mass is 10.1. The van der Waals surface area contributed by atoms with Gasteiger partial charge in [-0.3, -0.25) is 14.4 Å². The van der Waals surface area contributed by atoms with Gasteiger partial charge in [0.1, 0.15) is 17.2 Å². The number of carbonyl (C=O) groups is 3. The number of thioether (sulfide) groups is 1. The molecule has 3 amide bonds. The molecule has 3 N–H and O–H groups in total. The van der Waals surface area contributed by atoms with Crippen molar-refractivity contribution in [3.8, 4) is 11.5 Å². The molecule has 44 heavy (non-hydrogen) atoms. The van der Waals surface area contributed by atoms with E-state index in [-0.39, 0.29) is 11.6 Å². The SMILES string of the molecule is COc1ccc(OC)c(NC(=O)C(C)Sc2ccc(NC(=O)/C(=C/c3c(Cl)cccc3Cl)NC(=O)c3ccccc3)cc2)c1. The molecule has 0 aliphatic heterocycles. The Morgan fingerprint density at radius 3 is 2.14 bits per heavy atom. The summed E-state index contributed by atoms with van der Waals surface area (Å²) in [5.41, 5.74) is 1.69. The minimum Gasteiger partial charge on any atom is -0.497 e. The van der Waals surface area contributed by atoms with Crippen LogP contribution < -0.4 is 25.4 Å². The molecule has 0 heterocycles. The van der Waals surface area contributed by atoms with Gasteiger partial charge in [-0.2, -0.15) is 0 Å². The molecule has 0 aromatic heterocycles. The zero-order chi connectivity index (χ0) is 31.6. The Hall–Kier alpha value is -4.44. The van der Waals surface area contributed by atoms with Crippen molar-refractivity contribution in [1.82, 2.24) is 5.32 Å². The summed E-state index contributed by atoms with van der Waals surface area (Å²) in [6.45, 7) is 1.79. The number of hydrogen-bond donors (Lipinski definition) is 3. The number of benzene rings is 4. The van der Waals surface area contributed by atoms with E-state index in [1.165, 1.54) is 24.9 Å². The standard InChI is InChI=1S/C33H29Cl2N3O5S/c1-20(31(39)37-28-18-23(42-2)14-17-30(28)43-3)44-24-15-12-22(13-16-24)36-33(41)29(19-25-26(34)10-7-11-27(25)35)38-32(40)21-8-5-4-6-9-21/h4-20H,1-3H3,(H,36,41)(H,37,39)(H,38,40)/b29-19-. The minimum absolute atomic E-state index is 0.0504. The zero-order valence-electron chi connectivity index (χ0n) is 24.0. The molecule has 1 unspecified atom stereocenters. The predicted octanol–water partition coefficient (Wildman–Crippen LogP) is 7.54. The molecule has 11 heteroatoms. The van der Waals surface area contributed by atoms with Gasteiger partial charge in [-0.25, -0.2) is 0 Å². The molecule has 0 fully saturated rings. The number of amides is 3. The highest BCUT2D eigenvalue weighted by Gasteiger charge is 2.19.